The molecule has 0 N–H and O–H groups in total. The molecule has 0 fully saturated rings. The summed E-state index contributed by atoms with van der Waals surface area (Å²) in [7, 11) is 0. The zero-order valence-electron chi connectivity index (χ0n) is 8.08. The second kappa shape index (κ2) is 4.16. The first-order valence-electron chi connectivity index (χ1n) is 4.37. The first-order valence-corrected chi connectivity index (χ1v) is 4.37. The van der Waals surface area contributed by atoms with Crippen molar-refractivity contribution >= 4 is 0 Å². The van der Waals surface area contributed by atoms with Gasteiger partial charge in [0.15, 0.2) is 5.75 Å². The number of benzene rings is 1. The third kappa shape index (κ3) is 1.99. The van der Waals surface area contributed by atoms with Gasteiger partial charge in [0.05, 0.1) is 29.5 Å². The third-order valence-electron chi connectivity index (χ3n) is 1.80. The summed E-state index contributed by atoms with van der Waals surface area (Å²) in [5.41, 5.74) is 0.732. The number of nitrogens with zero attached hydrogens (tertiary/aromatic N) is 4. The predicted octanol–water partition coefficient (Wildman–Crippen LogP) is 1.27. The minimum absolute atomic E-state index is 0.366. The molecule has 0 saturated carbocycles. The highest BCUT2D eigenvalue weighted by atomic mass is 16.7. The summed E-state index contributed by atoms with van der Waals surface area (Å²) in [5, 5.41) is 21.3. The highest BCUT2D eigenvalue weighted by Gasteiger charge is 2.02. The Hall–Kier alpha value is -2.79. The topological polar surface area (TPSA) is 74.6 Å². The molecule has 5 nitrogen and oxygen atoms in total. The first kappa shape index (κ1) is 9.75. The lowest BCUT2D eigenvalue weighted by atomic mass is 10.1. The van der Waals surface area contributed by atoms with Gasteiger partial charge in [-0.15, -0.1) is 5.10 Å². The van der Waals surface area contributed by atoms with Gasteiger partial charge < -0.3 is 4.84 Å². The highest BCUT2D eigenvalue weighted by molar-refractivity contribution is 5.45. The molecule has 0 aliphatic heterocycles. The summed E-state index contributed by atoms with van der Waals surface area (Å²) in [6.45, 7) is 0. The van der Waals surface area contributed by atoms with Crippen LogP contribution in [-0.4, -0.2) is 9.94 Å². The lowest BCUT2D eigenvalue weighted by Gasteiger charge is -2.04. The van der Waals surface area contributed by atoms with Crippen LogP contribution >= 0.6 is 0 Å². The van der Waals surface area contributed by atoms with Crippen molar-refractivity contribution < 1.29 is 4.84 Å². The van der Waals surface area contributed by atoms with Crippen molar-refractivity contribution in [3.05, 3.63) is 47.8 Å². The van der Waals surface area contributed by atoms with Crippen molar-refractivity contribution in [1.82, 2.24) is 9.94 Å². The van der Waals surface area contributed by atoms with E-state index >= 15 is 0 Å². The van der Waals surface area contributed by atoms with Gasteiger partial charge in [0.2, 0.25) is 0 Å². The van der Waals surface area contributed by atoms with Crippen LogP contribution < -0.4 is 4.84 Å². The fourth-order valence-corrected chi connectivity index (χ4v) is 1.16. The van der Waals surface area contributed by atoms with Gasteiger partial charge in [0, 0.05) is 12.1 Å². The molecule has 2 aromatic rings. The van der Waals surface area contributed by atoms with Crippen LogP contribution in [0.2, 0.25) is 0 Å². The van der Waals surface area contributed by atoms with Gasteiger partial charge in [-0.2, -0.15) is 10.5 Å². The second-order valence-corrected chi connectivity index (χ2v) is 2.91. The van der Waals surface area contributed by atoms with Gasteiger partial charge in [0.25, 0.3) is 0 Å². The SMILES string of the molecule is N#Cc1cc(C#N)cc(On2cc[c]n2)c1. The van der Waals surface area contributed by atoms with E-state index in [1.807, 2.05) is 12.1 Å². The van der Waals surface area contributed by atoms with Crippen LogP contribution in [-0.2, 0) is 0 Å². The quantitative estimate of drug-likeness (QED) is 0.746. The summed E-state index contributed by atoms with van der Waals surface area (Å²) < 4.78 is 0. The molecule has 0 aliphatic carbocycles. The van der Waals surface area contributed by atoms with Crippen LogP contribution in [0, 0.1) is 28.9 Å². The molecule has 0 saturated heterocycles. The van der Waals surface area contributed by atoms with Crippen molar-refractivity contribution in [3.63, 3.8) is 0 Å². The normalized spacial score (nSPS) is 9.12. The monoisotopic (exact) mass is 209 g/mol. The van der Waals surface area contributed by atoms with Crippen LogP contribution in [0.15, 0.2) is 30.5 Å². The molecule has 1 heterocycles. The maximum absolute atomic E-state index is 8.76. The summed E-state index contributed by atoms with van der Waals surface area (Å²) >= 11 is 0. The average Bonchev–Trinajstić information content (AvgIpc) is 2.81. The second-order valence-electron chi connectivity index (χ2n) is 2.91. The lowest BCUT2D eigenvalue weighted by molar-refractivity contribution is 0.178. The van der Waals surface area contributed by atoms with E-state index < -0.39 is 0 Å². The number of hydrogen-bond donors (Lipinski definition) is 0. The van der Waals surface area contributed by atoms with Crippen molar-refractivity contribution in [1.29, 1.82) is 10.5 Å². The first-order chi connectivity index (χ1) is 7.81. The largest absolute Gasteiger partial charge is 0.358 e. The molecule has 0 spiro atoms. The Labute approximate surface area is 91.7 Å². The van der Waals surface area contributed by atoms with E-state index in [0.29, 0.717) is 16.9 Å². The zero-order chi connectivity index (χ0) is 11.4. The van der Waals surface area contributed by atoms with E-state index in [0.717, 1.165) is 0 Å². The maximum atomic E-state index is 8.76. The highest BCUT2D eigenvalue weighted by Crippen LogP contribution is 2.16. The molecule has 1 radical (unpaired) electrons. The van der Waals surface area contributed by atoms with Gasteiger partial charge in [0.1, 0.15) is 6.20 Å². The smallest absolute Gasteiger partial charge is 0.160 e. The molecule has 2 rings (SSSR count). The van der Waals surface area contributed by atoms with Crippen molar-refractivity contribution in [2.75, 3.05) is 0 Å². The number of aromatic nitrogens is 2. The van der Waals surface area contributed by atoms with Crippen LogP contribution in [0.25, 0.3) is 0 Å². The zero-order valence-corrected chi connectivity index (χ0v) is 8.08. The Bertz CT molecular complexity index is 543. The molecule has 5 heteroatoms. The Kier molecular flexibility index (Phi) is 2.53. The molecule has 1 aromatic carbocycles. The molecule has 0 atom stereocenters. The minimum Gasteiger partial charge on any atom is -0.358 e. The Morgan fingerprint density at radius 2 is 1.88 bits per heavy atom. The fraction of sp³-hybridized carbons (Fsp3) is 0. The molecule has 16 heavy (non-hydrogen) atoms. The summed E-state index contributed by atoms with van der Waals surface area (Å²) in [6, 6.07) is 10.0. The van der Waals surface area contributed by atoms with Crippen molar-refractivity contribution in [2.45, 2.75) is 0 Å². The Morgan fingerprint density at radius 3 is 2.38 bits per heavy atom. The molecular formula is C11H5N4O. The van der Waals surface area contributed by atoms with E-state index in [2.05, 4.69) is 11.3 Å². The average molecular weight is 209 g/mol. The van der Waals surface area contributed by atoms with Gasteiger partial charge in [-0.05, 0) is 12.1 Å². The number of hydrogen-bond acceptors (Lipinski definition) is 4. The molecule has 75 valence electrons. The minimum atomic E-state index is 0.366. The number of rotatable bonds is 2. The van der Waals surface area contributed by atoms with Gasteiger partial charge in [-0.25, -0.2) is 0 Å². The van der Waals surface area contributed by atoms with E-state index in [9.17, 15) is 0 Å². The van der Waals surface area contributed by atoms with E-state index in [4.69, 9.17) is 15.4 Å². The molecule has 0 aliphatic rings. The number of nitriles is 2. The molecule has 1 aromatic heterocycles. The molecule has 0 amide bonds. The van der Waals surface area contributed by atoms with Gasteiger partial charge >= 0.3 is 0 Å². The van der Waals surface area contributed by atoms with Crippen molar-refractivity contribution in [2.24, 2.45) is 0 Å². The van der Waals surface area contributed by atoms with E-state index in [-0.39, 0.29) is 0 Å². The summed E-state index contributed by atoms with van der Waals surface area (Å²) in [5.74, 6) is 0.382. The third-order valence-corrected chi connectivity index (χ3v) is 1.80. The fourth-order valence-electron chi connectivity index (χ4n) is 1.16. The van der Waals surface area contributed by atoms with Crippen LogP contribution in [0.3, 0.4) is 0 Å². The molecule has 0 unspecified atom stereocenters. The lowest BCUT2D eigenvalue weighted by Crippen LogP contribution is -2.05. The summed E-state index contributed by atoms with van der Waals surface area (Å²) in [4.78, 5) is 6.47. The molecular weight excluding hydrogens is 204 g/mol. The van der Waals surface area contributed by atoms with E-state index in [1.54, 1.807) is 12.3 Å². The Morgan fingerprint density at radius 1 is 1.19 bits per heavy atom. The van der Waals surface area contributed by atoms with Crippen LogP contribution in [0.1, 0.15) is 11.1 Å². The molecule has 0 bridgehead atoms. The van der Waals surface area contributed by atoms with E-state index in [1.165, 1.54) is 23.0 Å². The van der Waals surface area contributed by atoms with Crippen molar-refractivity contribution in [3.8, 4) is 17.9 Å². The summed E-state index contributed by atoms with van der Waals surface area (Å²) in [6.07, 6.45) is 4.13. The van der Waals surface area contributed by atoms with Gasteiger partial charge in [-0.1, -0.05) is 4.85 Å². The maximum Gasteiger partial charge on any atom is 0.160 e. The Balaban J connectivity index is 2.35. The van der Waals surface area contributed by atoms with Crippen LogP contribution in [0.4, 0.5) is 0 Å². The predicted molar refractivity (Wildman–Crippen MR) is 53.0 cm³/mol. The standard InChI is InChI=1S/C11H5N4O/c12-7-9-4-10(8-13)6-11(5-9)16-15-3-1-2-14-15/h1,3-6H. The van der Waals surface area contributed by atoms with Gasteiger partial charge in [-0.3, -0.25) is 0 Å². The van der Waals surface area contributed by atoms with Crippen LogP contribution in [0.5, 0.6) is 5.75 Å².